The van der Waals surface area contributed by atoms with Crippen LogP contribution in [0.15, 0.2) is 41.8 Å². The fraction of sp³-hybridized carbons (Fsp3) is 0.389. The second-order valence-corrected chi connectivity index (χ2v) is 7.56. The number of nitrogens with two attached hydrogens (primary N) is 1. The third-order valence-corrected chi connectivity index (χ3v) is 5.93. The minimum absolute atomic E-state index is 0.254. The summed E-state index contributed by atoms with van der Waals surface area (Å²) in [6.45, 7) is 2.38. The lowest BCUT2D eigenvalue weighted by Crippen LogP contribution is -2.24. The summed E-state index contributed by atoms with van der Waals surface area (Å²) in [5.74, 6) is 1.70. The molecule has 130 valence electrons. The number of aliphatic hydroxyl groups is 1. The minimum atomic E-state index is -0.298. The van der Waals surface area contributed by atoms with Gasteiger partial charge >= 0.3 is 0 Å². The van der Waals surface area contributed by atoms with Crippen LogP contribution in [-0.4, -0.2) is 56.4 Å². The molecule has 1 fully saturated rings. The Morgan fingerprint density at radius 3 is 3.00 bits per heavy atom. The third kappa shape index (κ3) is 3.53. The van der Waals surface area contributed by atoms with Gasteiger partial charge in [0.1, 0.15) is 12.1 Å². The molecule has 0 amide bonds. The molecule has 0 saturated carbocycles. The average molecular weight is 355 g/mol. The Bertz CT molecular complexity index is 782. The average Bonchev–Trinajstić information content (AvgIpc) is 3.19. The molecule has 0 aromatic carbocycles. The summed E-state index contributed by atoms with van der Waals surface area (Å²) >= 11 is 1.71. The quantitative estimate of drug-likeness (QED) is 0.785. The zero-order valence-electron chi connectivity index (χ0n) is 13.9. The second-order valence-electron chi connectivity index (χ2n) is 6.52. The van der Waals surface area contributed by atoms with E-state index in [1.807, 2.05) is 18.2 Å². The first-order chi connectivity index (χ1) is 12.2. The number of anilines is 1. The van der Waals surface area contributed by atoms with Gasteiger partial charge in [-0.2, -0.15) is 0 Å². The first-order valence-electron chi connectivity index (χ1n) is 8.43. The van der Waals surface area contributed by atoms with E-state index in [9.17, 15) is 5.11 Å². The van der Waals surface area contributed by atoms with Crippen LogP contribution in [-0.2, 0) is 6.42 Å². The summed E-state index contributed by atoms with van der Waals surface area (Å²) in [6.07, 6.45) is 6.01. The van der Waals surface area contributed by atoms with Gasteiger partial charge in [0.2, 0.25) is 0 Å². The standard InChI is InChI=1S/C18H21N5OS/c19-18-14-5-4-12(17(14)21-11-22-18)7-23-8-13(15(24)9-23)10-25-16-3-1-2-6-20-16/h1-4,6,11,13,15,24H,5,7-10H2,(H2,19,21,22)/t13-,15+/m1/s1. The Labute approximate surface area is 151 Å². The van der Waals surface area contributed by atoms with E-state index in [-0.39, 0.29) is 12.0 Å². The highest BCUT2D eigenvalue weighted by molar-refractivity contribution is 7.99. The number of thioether (sulfide) groups is 1. The second kappa shape index (κ2) is 7.11. The molecule has 3 heterocycles. The van der Waals surface area contributed by atoms with Crippen molar-refractivity contribution < 1.29 is 5.11 Å². The number of aliphatic hydroxyl groups excluding tert-OH is 1. The van der Waals surface area contributed by atoms with Gasteiger partial charge in [-0.15, -0.1) is 11.8 Å². The molecule has 0 bridgehead atoms. The molecular weight excluding hydrogens is 334 g/mol. The van der Waals surface area contributed by atoms with Gasteiger partial charge in [-0.25, -0.2) is 15.0 Å². The van der Waals surface area contributed by atoms with Crippen molar-refractivity contribution in [2.75, 3.05) is 31.1 Å². The number of aromatic nitrogens is 3. The summed E-state index contributed by atoms with van der Waals surface area (Å²) in [5, 5.41) is 11.4. The van der Waals surface area contributed by atoms with Gasteiger partial charge in [-0.05, 0) is 24.1 Å². The van der Waals surface area contributed by atoms with Gasteiger partial charge in [0.15, 0.2) is 0 Å². The molecule has 2 aromatic heterocycles. The molecule has 1 aliphatic heterocycles. The highest BCUT2D eigenvalue weighted by Crippen LogP contribution is 2.31. The smallest absolute Gasteiger partial charge is 0.130 e. The number of rotatable bonds is 5. The van der Waals surface area contributed by atoms with Crippen LogP contribution in [0.4, 0.5) is 5.82 Å². The Balaban J connectivity index is 1.36. The van der Waals surface area contributed by atoms with Crippen molar-refractivity contribution in [3.63, 3.8) is 0 Å². The highest BCUT2D eigenvalue weighted by atomic mass is 32.2. The van der Waals surface area contributed by atoms with Gasteiger partial charge in [0, 0.05) is 43.1 Å². The molecule has 0 spiro atoms. The first kappa shape index (κ1) is 16.5. The lowest BCUT2D eigenvalue weighted by molar-refractivity contribution is 0.151. The van der Waals surface area contributed by atoms with Gasteiger partial charge < -0.3 is 10.8 Å². The maximum atomic E-state index is 10.4. The van der Waals surface area contributed by atoms with Crippen LogP contribution in [0.25, 0.3) is 5.57 Å². The molecule has 7 heteroatoms. The molecule has 2 aliphatic rings. The molecule has 6 nitrogen and oxygen atoms in total. The molecule has 0 unspecified atom stereocenters. The topological polar surface area (TPSA) is 88.2 Å². The zero-order valence-corrected chi connectivity index (χ0v) is 14.7. The molecule has 4 rings (SSSR count). The first-order valence-corrected chi connectivity index (χ1v) is 9.42. The van der Waals surface area contributed by atoms with Crippen LogP contribution < -0.4 is 5.73 Å². The van der Waals surface area contributed by atoms with Crippen LogP contribution in [0.3, 0.4) is 0 Å². The van der Waals surface area contributed by atoms with E-state index in [0.29, 0.717) is 12.4 Å². The Hall–Kier alpha value is -1.96. The van der Waals surface area contributed by atoms with Gasteiger partial charge in [-0.1, -0.05) is 12.1 Å². The summed E-state index contributed by atoms with van der Waals surface area (Å²) in [7, 11) is 0. The number of nitrogen functional groups attached to an aromatic ring is 1. The van der Waals surface area contributed by atoms with E-state index in [4.69, 9.17) is 5.73 Å². The van der Waals surface area contributed by atoms with Gasteiger partial charge in [0.05, 0.1) is 16.8 Å². The minimum Gasteiger partial charge on any atom is -0.391 e. The van der Waals surface area contributed by atoms with E-state index in [1.54, 1.807) is 18.0 Å². The normalized spacial score (nSPS) is 22.8. The van der Waals surface area contributed by atoms with Gasteiger partial charge in [-0.3, -0.25) is 4.90 Å². The van der Waals surface area contributed by atoms with E-state index in [2.05, 4.69) is 25.9 Å². The van der Waals surface area contributed by atoms with E-state index in [1.165, 1.54) is 11.9 Å². The van der Waals surface area contributed by atoms with Crippen molar-refractivity contribution in [2.24, 2.45) is 5.92 Å². The number of pyridine rings is 1. The van der Waals surface area contributed by atoms with Crippen LogP contribution in [0, 0.1) is 5.92 Å². The van der Waals surface area contributed by atoms with Crippen LogP contribution >= 0.6 is 11.8 Å². The predicted molar refractivity (Wildman–Crippen MR) is 99.0 cm³/mol. The SMILES string of the molecule is Nc1ncnc2c1CC=C2CN1C[C@H](CSc2ccccn2)[C@@H](O)C1. The van der Waals surface area contributed by atoms with E-state index < -0.39 is 0 Å². The predicted octanol–water partition coefficient (Wildman–Crippen LogP) is 1.48. The number of allylic oxidation sites excluding steroid dienone is 1. The van der Waals surface area contributed by atoms with Crippen molar-refractivity contribution in [1.29, 1.82) is 0 Å². The monoisotopic (exact) mass is 355 g/mol. The fourth-order valence-electron chi connectivity index (χ4n) is 3.47. The van der Waals surface area contributed by atoms with E-state index >= 15 is 0 Å². The Kier molecular flexibility index (Phi) is 4.70. The van der Waals surface area contributed by atoms with Crippen LogP contribution in [0.1, 0.15) is 11.3 Å². The number of nitrogens with zero attached hydrogens (tertiary/aromatic N) is 4. The molecular formula is C18H21N5OS. The Morgan fingerprint density at radius 1 is 1.24 bits per heavy atom. The molecule has 0 radical (unpaired) electrons. The van der Waals surface area contributed by atoms with Crippen molar-refractivity contribution in [2.45, 2.75) is 17.6 Å². The molecule has 3 N–H and O–H groups in total. The number of hydrogen-bond acceptors (Lipinski definition) is 7. The summed E-state index contributed by atoms with van der Waals surface area (Å²) in [5.41, 5.74) is 9.12. The number of β-amino-alcohol motifs (C(OH)–C–C–N with tert-alkyl or cyclic N) is 1. The third-order valence-electron chi connectivity index (χ3n) is 4.79. The van der Waals surface area contributed by atoms with Crippen LogP contribution in [0.2, 0.25) is 0 Å². The molecule has 2 aromatic rings. The van der Waals surface area contributed by atoms with Crippen molar-refractivity contribution in [3.05, 3.63) is 48.1 Å². The summed E-state index contributed by atoms with van der Waals surface area (Å²) in [4.78, 5) is 15.1. The number of fused-ring (bicyclic) bond motifs is 1. The van der Waals surface area contributed by atoms with Gasteiger partial charge in [0.25, 0.3) is 0 Å². The maximum Gasteiger partial charge on any atom is 0.130 e. The maximum absolute atomic E-state index is 10.4. The zero-order chi connectivity index (χ0) is 17.2. The number of likely N-dealkylation sites (tertiary alicyclic amines) is 1. The van der Waals surface area contributed by atoms with E-state index in [0.717, 1.165) is 41.5 Å². The number of hydrogen-bond donors (Lipinski definition) is 2. The molecule has 1 saturated heterocycles. The molecule has 25 heavy (non-hydrogen) atoms. The summed E-state index contributed by atoms with van der Waals surface area (Å²) in [6, 6.07) is 5.91. The Morgan fingerprint density at radius 2 is 2.16 bits per heavy atom. The highest BCUT2D eigenvalue weighted by Gasteiger charge is 2.32. The largest absolute Gasteiger partial charge is 0.391 e. The summed E-state index contributed by atoms with van der Waals surface area (Å²) < 4.78 is 0. The van der Waals surface area contributed by atoms with Crippen LogP contribution in [0.5, 0.6) is 0 Å². The lowest BCUT2D eigenvalue weighted by atomic mass is 10.1. The lowest BCUT2D eigenvalue weighted by Gasteiger charge is -2.16. The van der Waals surface area contributed by atoms with Crippen molar-refractivity contribution >= 4 is 23.2 Å². The molecule has 1 aliphatic carbocycles. The molecule has 2 atom stereocenters. The van der Waals surface area contributed by atoms with Crippen molar-refractivity contribution in [3.8, 4) is 0 Å². The fourth-order valence-corrected chi connectivity index (χ4v) is 4.49. The van der Waals surface area contributed by atoms with Crippen molar-refractivity contribution in [1.82, 2.24) is 19.9 Å².